The Labute approximate surface area is 261 Å². The molecule has 0 spiro atoms. The first kappa shape index (κ1) is 31.2. The van der Waals surface area contributed by atoms with E-state index in [-0.39, 0.29) is 37.4 Å². The summed E-state index contributed by atoms with van der Waals surface area (Å²) in [6.07, 6.45) is -0.482. The highest BCUT2D eigenvalue weighted by Crippen LogP contribution is 2.42. The van der Waals surface area contributed by atoms with E-state index in [1.54, 1.807) is 0 Å². The van der Waals surface area contributed by atoms with Crippen molar-refractivity contribution in [2.75, 3.05) is 19.6 Å². The highest BCUT2D eigenvalue weighted by Gasteiger charge is 2.40. The number of aliphatic hydroxyl groups excluding tert-OH is 2. The predicted molar refractivity (Wildman–Crippen MR) is 164 cm³/mol. The number of likely N-dealkylation sites (tertiary alicyclic amines) is 1. The van der Waals surface area contributed by atoms with Gasteiger partial charge in [-0.1, -0.05) is 102 Å². The van der Waals surface area contributed by atoms with Gasteiger partial charge < -0.3 is 25.0 Å². The van der Waals surface area contributed by atoms with Crippen molar-refractivity contribution in [2.24, 2.45) is 5.92 Å². The molecule has 0 aliphatic carbocycles. The maximum absolute atomic E-state index is 12.0. The van der Waals surface area contributed by atoms with Gasteiger partial charge in [0.2, 0.25) is 0 Å². The standard InChI is InChI=1S/C32H35Cl3N2O5/c1-20-28(18-37-13-12-27(39)17-37)41-30(42-29(20)23-10-8-21(19-38)9-11-23)26-7-3-6-25(15-26)24-5-2-4-22(14-24)16-36-31(40)32(33,34)35/h2-11,14-15,20,27-30,38-39H,12-13,16-19H2,1H3,(H,36,40)/t20-,27+,28+,29+,30+/m1/s1. The lowest BCUT2D eigenvalue weighted by Crippen LogP contribution is -2.44. The number of benzene rings is 3. The zero-order valence-corrected chi connectivity index (χ0v) is 25.5. The van der Waals surface area contributed by atoms with Gasteiger partial charge in [-0.25, -0.2) is 0 Å². The van der Waals surface area contributed by atoms with E-state index in [0.717, 1.165) is 46.3 Å². The minimum absolute atomic E-state index is 0.0136. The van der Waals surface area contributed by atoms with E-state index >= 15 is 0 Å². The van der Waals surface area contributed by atoms with Crippen LogP contribution in [0.15, 0.2) is 72.8 Å². The number of carbonyl (C=O) groups excluding carboxylic acids is 1. The van der Waals surface area contributed by atoms with Crippen LogP contribution in [0.3, 0.4) is 0 Å². The van der Waals surface area contributed by atoms with E-state index in [4.69, 9.17) is 44.3 Å². The molecule has 2 aliphatic heterocycles. The summed E-state index contributed by atoms with van der Waals surface area (Å²) in [6.45, 7) is 4.52. The lowest BCUT2D eigenvalue weighted by molar-refractivity contribution is -0.276. The molecule has 2 saturated heterocycles. The Bertz CT molecular complexity index is 1370. The molecular formula is C32H35Cl3N2O5. The number of hydrogen-bond acceptors (Lipinski definition) is 6. The number of aliphatic hydroxyl groups is 2. The Balaban J connectivity index is 1.38. The summed E-state index contributed by atoms with van der Waals surface area (Å²) in [5.74, 6) is -0.624. The molecule has 5 rings (SSSR count). The molecular weight excluding hydrogens is 599 g/mol. The molecule has 7 nitrogen and oxygen atoms in total. The maximum atomic E-state index is 12.0. The Morgan fingerprint density at radius 3 is 2.36 bits per heavy atom. The summed E-state index contributed by atoms with van der Waals surface area (Å²) >= 11 is 17.0. The number of amides is 1. The van der Waals surface area contributed by atoms with Crippen molar-refractivity contribution >= 4 is 40.7 Å². The maximum Gasteiger partial charge on any atom is 0.272 e. The van der Waals surface area contributed by atoms with Crippen LogP contribution in [0.2, 0.25) is 0 Å². The topological polar surface area (TPSA) is 91.3 Å². The van der Waals surface area contributed by atoms with Crippen molar-refractivity contribution < 1.29 is 24.5 Å². The normalized spacial score (nSPS) is 25.0. The van der Waals surface area contributed by atoms with Crippen LogP contribution in [0.5, 0.6) is 0 Å². The fourth-order valence-corrected chi connectivity index (χ4v) is 5.77. The van der Waals surface area contributed by atoms with E-state index in [2.05, 4.69) is 23.2 Å². The summed E-state index contributed by atoms with van der Waals surface area (Å²) in [5.41, 5.74) is 5.55. The van der Waals surface area contributed by atoms with Gasteiger partial charge in [0.25, 0.3) is 9.70 Å². The van der Waals surface area contributed by atoms with Crippen molar-refractivity contribution in [3.8, 4) is 11.1 Å². The average Bonchev–Trinajstić information content (AvgIpc) is 3.41. The summed E-state index contributed by atoms with van der Waals surface area (Å²) in [6, 6.07) is 23.7. The number of alkyl halides is 3. The molecule has 0 unspecified atom stereocenters. The van der Waals surface area contributed by atoms with Crippen LogP contribution < -0.4 is 5.32 Å². The monoisotopic (exact) mass is 632 g/mol. The van der Waals surface area contributed by atoms with Crippen LogP contribution in [-0.2, 0) is 27.4 Å². The van der Waals surface area contributed by atoms with Crippen LogP contribution in [0.4, 0.5) is 0 Å². The van der Waals surface area contributed by atoms with Crippen molar-refractivity contribution in [1.82, 2.24) is 10.2 Å². The summed E-state index contributed by atoms with van der Waals surface area (Å²) < 4.78 is 11.2. The fraction of sp³-hybridized carbons (Fsp3) is 0.406. The van der Waals surface area contributed by atoms with Gasteiger partial charge >= 0.3 is 0 Å². The molecule has 0 radical (unpaired) electrons. The van der Waals surface area contributed by atoms with Crippen LogP contribution in [-0.4, -0.2) is 56.7 Å². The van der Waals surface area contributed by atoms with Gasteiger partial charge in [-0.3, -0.25) is 9.69 Å². The number of ether oxygens (including phenoxy) is 2. The Kier molecular flexibility index (Phi) is 10.1. The first-order valence-electron chi connectivity index (χ1n) is 14.1. The highest BCUT2D eigenvalue weighted by molar-refractivity contribution is 6.76. The molecule has 2 heterocycles. The lowest BCUT2D eigenvalue weighted by atomic mass is 9.90. The number of rotatable bonds is 8. The molecule has 5 atom stereocenters. The van der Waals surface area contributed by atoms with Crippen molar-refractivity contribution in [3.63, 3.8) is 0 Å². The third kappa shape index (κ3) is 7.65. The average molecular weight is 634 g/mol. The van der Waals surface area contributed by atoms with Gasteiger partial charge in [-0.05, 0) is 46.4 Å². The van der Waals surface area contributed by atoms with Gasteiger partial charge in [-0.2, -0.15) is 0 Å². The van der Waals surface area contributed by atoms with E-state index in [1.165, 1.54) is 0 Å². The van der Waals surface area contributed by atoms with Crippen molar-refractivity contribution in [3.05, 3.63) is 95.1 Å². The smallest absolute Gasteiger partial charge is 0.272 e. The third-order valence-corrected chi connectivity index (χ3v) is 8.45. The SMILES string of the molecule is C[C@@H]1[C@H](CN2CC[C@H](O)C2)O[C@H](c2cccc(-c3cccc(CNC(=O)C(Cl)(Cl)Cl)c3)c2)O[C@@H]1c1ccc(CO)cc1. The molecule has 10 heteroatoms. The number of nitrogens with zero attached hydrogens (tertiary/aromatic N) is 1. The largest absolute Gasteiger partial charge is 0.392 e. The molecule has 42 heavy (non-hydrogen) atoms. The molecule has 3 N–H and O–H groups in total. The molecule has 1 amide bonds. The first-order valence-corrected chi connectivity index (χ1v) is 15.2. The van der Waals surface area contributed by atoms with Gasteiger partial charge in [0.1, 0.15) is 0 Å². The van der Waals surface area contributed by atoms with Crippen LogP contribution >= 0.6 is 34.8 Å². The zero-order valence-electron chi connectivity index (χ0n) is 23.3. The molecule has 0 aromatic heterocycles. The fourth-order valence-electron chi connectivity index (χ4n) is 5.57. The number of carbonyl (C=O) groups is 1. The van der Waals surface area contributed by atoms with Crippen LogP contribution in [0, 0.1) is 5.92 Å². The number of hydrogen-bond donors (Lipinski definition) is 3. The highest BCUT2D eigenvalue weighted by atomic mass is 35.6. The van der Waals surface area contributed by atoms with E-state index in [0.29, 0.717) is 13.1 Å². The summed E-state index contributed by atoms with van der Waals surface area (Å²) in [5, 5.41) is 22.3. The van der Waals surface area contributed by atoms with E-state index < -0.39 is 16.0 Å². The van der Waals surface area contributed by atoms with Crippen LogP contribution in [0.1, 0.15) is 48.0 Å². The Hall–Kier alpha value is -2.20. The minimum atomic E-state index is -2.02. The predicted octanol–water partition coefficient (Wildman–Crippen LogP) is 5.69. The summed E-state index contributed by atoms with van der Waals surface area (Å²) in [7, 11) is 0. The van der Waals surface area contributed by atoms with Crippen molar-refractivity contribution in [1.29, 1.82) is 0 Å². The molecule has 0 bridgehead atoms. The molecule has 3 aromatic rings. The third-order valence-electron chi connectivity index (χ3n) is 7.94. The van der Waals surface area contributed by atoms with Crippen LogP contribution in [0.25, 0.3) is 11.1 Å². The second-order valence-electron chi connectivity index (χ2n) is 11.0. The Morgan fingerprint density at radius 1 is 0.976 bits per heavy atom. The molecule has 2 aliphatic rings. The van der Waals surface area contributed by atoms with Gasteiger partial charge in [0.05, 0.1) is 24.9 Å². The minimum Gasteiger partial charge on any atom is -0.392 e. The summed E-state index contributed by atoms with van der Waals surface area (Å²) in [4.78, 5) is 14.2. The second-order valence-corrected chi connectivity index (χ2v) is 13.3. The van der Waals surface area contributed by atoms with Gasteiger partial charge in [0.15, 0.2) is 6.29 Å². The van der Waals surface area contributed by atoms with Gasteiger partial charge in [0, 0.05) is 37.7 Å². The molecule has 0 saturated carbocycles. The van der Waals surface area contributed by atoms with Crippen molar-refractivity contribution in [2.45, 2.75) is 54.9 Å². The first-order chi connectivity index (χ1) is 20.1. The van der Waals surface area contributed by atoms with E-state index in [9.17, 15) is 15.0 Å². The second kappa shape index (κ2) is 13.6. The number of nitrogens with one attached hydrogen (secondary N) is 1. The number of halogens is 3. The Morgan fingerprint density at radius 2 is 1.69 bits per heavy atom. The molecule has 224 valence electrons. The lowest BCUT2D eigenvalue weighted by Gasteiger charge is -2.42. The molecule has 3 aromatic carbocycles. The van der Waals surface area contributed by atoms with E-state index in [1.807, 2.05) is 66.7 Å². The van der Waals surface area contributed by atoms with Gasteiger partial charge in [-0.15, -0.1) is 0 Å². The number of β-amino-alcohol motifs (C(OH)–C–C–N with tert-alkyl or cyclic N) is 1. The molecule has 2 fully saturated rings. The zero-order chi connectivity index (χ0) is 29.9. The quantitative estimate of drug-likeness (QED) is 0.276.